The molecule has 3 atom stereocenters. The van der Waals surface area contributed by atoms with Crippen LogP contribution in [0, 0.1) is 17.7 Å². The fourth-order valence-electron chi connectivity index (χ4n) is 4.17. The molecular weight excluding hydrogens is 417 g/mol. The normalized spacial score (nSPS) is 19.3. The Hall–Kier alpha value is -2.94. The monoisotopic (exact) mass is 447 g/mol. The second-order valence-corrected chi connectivity index (χ2v) is 8.39. The van der Waals surface area contributed by atoms with Crippen molar-refractivity contribution in [2.45, 2.75) is 52.4 Å². The second-order valence-electron chi connectivity index (χ2n) is 8.39. The van der Waals surface area contributed by atoms with E-state index in [2.05, 4.69) is 4.98 Å². The van der Waals surface area contributed by atoms with Crippen molar-refractivity contribution >= 4 is 28.7 Å². The number of nitrogens with two attached hydrogens (primary N) is 1. The summed E-state index contributed by atoms with van der Waals surface area (Å²) in [7, 11) is 0. The third kappa shape index (κ3) is 5.27. The summed E-state index contributed by atoms with van der Waals surface area (Å²) in [4.78, 5) is 41.8. The second kappa shape index (κ2) is 10.1. The van der Waals surface area contributed by atoms with Gasteiger partial charge in [0.05, 0.1) is 6.42 Å². The quantitative estimate of drug-likeness (QED) is 0.543. The first kappa shape index (κ1) is 23.7. The number of aromatic nitrogens is 1. The Labute approximate surface area is 186 Å². The van der Waals surface area contributed by atoms with Crippen LogP contribution in [-0.4, -0.2) is 53.2 Å². The van der Waals surface area contributed by atoms with Crippen molar-refractivity contribution in [2.75, 3.05) is 13.2 Å². The van der Waals surface area contributed by atoms with Gasteiger partial charge in [-0.15, -0.1) is 0 Å². The number of fused-ring (bicyclic) bond motifs is 1. The minimum atomic E-state index is -0.866. The number of aromatic amines is 1. The summed E-state index contributed by atoms with van der Waals surface area (Å²) in [5.74, 6) is -2.35. The van der Waals surface area contributed by atoms with Gasteiger partial charge in [-0.2, -0.15) is 0 Å². The van der Waals surface area contributed by atoms with E-state index in [1.54, 1.807) is 24.1 Å². The predicted molar refractivity (Wildman–Crippen MR) is 116 cm³/mol. The fourth-order valence-corrected chi connectivity index (χ4v) is 4.17. The van der Waals surface area contributed by atoms with E-state index in [-0.39, 0.29) is 37.0 Å². The molecule has 8 nitrogen and oxygen atoms in total. The predicted octanol–water partition coefficient (Wildman–Crippen LogP) is 2.50. The average molecular weight is 448 g/mol. The summed E-state index contributed by atoms with van der Waals surface area (Å²) in [6.45, 7) is 6.09. The molecule has 1 fully saturated rings. The van der Waals surface area contributed by atoms with Crippen molar-refractivity contribution in [1.82, 2.24) is 9.88 Å². The SMILES string of the molecule is CCOC1OC(=O)CC1N(CCc1c[nH]c2cc(F)ccc12)C(=O)C(CC(N)=O)C(C)C. The zero-order chi connectivity index (χ0) is 23.4. The van der Waals surface area contributed by atoms with Crippen LogP contribution in [0.15, 0.2) is 24.4 Å². The van der Waals surface area contributed by atoms with Gasteiger partial charge in [-0.3, -0.25) is 14.4 Å². The number of carbonyl (C=O) groups excluding carboxylic acids is 3. The number of hydrogen-bond donors (Lipinski definition) is 2. The van der Waals surface area contributed by atoms with E-state index in [0.29, 0.717) is 18.5 Å². The molecule has 0 spiro atoms. The number of rotatable bonds is 10. The molecule has 9 heteroatoms. The molecule has 3 N–H and O–H groups in total. The molecule has 1 aromatic carbocycles. The first-order chi connectivity index (χ1) is 15.2. The van der Waals surface area contributed by atoms with Crippen molar-refractivity contribution in [3.8, 4) is 0 Å². The number of H-pyrrole nitrogens is 1. The lowest BCUT2D eigenvalue weighted by Gasteiger charge is -2.34. The van der Waals surface area contributed by atoms with Crippen molar-refractivity contribution < 1.29 is 28.2 Å². The van der Waals surface area contributed by atoms with Gasteiger partial charge < -0.3 is 25.1 Å². The lowest BCUT2D eigenvalue weighted by molar-refractivity contribution is -0.172. The Kier molecular flexibility index (Phi) is 7.50. The number of carbonyl (C=O) groups is 3. The van der Waals surface area contributed by atoms with Gasteiger partial charge in [0.15, 0.2) is 0 Å². The molecule has 0 bridgehead atoms. The summed E-state index contributed by atoms with van der Waals surface area (Å²) in [5.41, 5.74) is 6.97. The van der Waals surface area contributed by atoms with Gasteiger partial charge in [0, 0.05) is 42.6 Å². The van der Waals surface area contributed by atoms with Crippen LogP contribution in [0.3, 0.4) is 0 Å². The summed E-state index contributed by atoms with van der Waals surface area (Å²) < 4.78 is 24.4. The molecule has 3 unspecified atom stereocenters. The van der Waals surface area contributed by atoms with Crippen LogP contribution in [0.25, 0.3) is 10.9 Å². The lowest BCUT2D eigenvalue weighted by atomic mass is 9.90. The first-order valence-corrected chi connectivity index (χ1v) is 10.9. The number of nitrogens with one attached hydrogen (secondary N) is 1. The maximum Gasteiger partial charge on any atom is 0.310 e. The zero-order valence-corrected chi connectivity index (χ0v) is 18.6. The van der Waals surface area contributed by atoms with Crippen LogP contribution in [-0.2, 0) is 30.3 Å². The van der Waals surface area contributed by atoms with E-state index >= 15 is 0 Å². The van der Waals surface area contributed by atoms with Crippen molar-refractivity contribution in [2.24, 2.45) is 17.6 Å². The highest BCUT2D eigenvalue weighted by atomic mass is 19.1. The van der Waals surface area contributed by atoms with Crippen molar-refractivity contribution in [3.63, 3.8) is 0 Å². The Balaban J connectivity index is 1.89. The molecule has 3 rings (SSSR count). The number of nitrogens with zero attached hydrogens (tertiary/aromatic N) is 1. The van der Waals surface area contributed by atoms with E-state index in [1.165, 1.54) is 12.1 Å². The molecule has 1 saturated heterocycles. The molecule has 1 aliphatic rings. The summed E-state index contributed by atoms with van der Waals surface area (Å²) in [5, 5.41) is 0.858. The molecule has 0 saturated carbocycles. The van der Waals surface area contributed by atoms with Crippen LogP contribution in [0.4, 0.5) is 4.39 Å². The summed E-state index contributed by atoms with van der Waals surface area (Å²) >= 11 is 0. The molecule has 2 amide bonds. The average Bonchev–Trinajstić information content (AvgIpc) is 3.29. The maximum absolute atomic E-state index is 13.6. The zero-order valence-electron chi connectivity index (χ0n) is 18.6. The van der Waals surface area contributed by atoms with E-state index in [0.717, 1.165) is 10.9 Å². The molecule has 1 aliphatic heterocycles. The van der Waals surface area contributed by atoms with Gasteiger partial charge >= 0.3 is 5.97 Å². The molecule has 174 valence electrons. The van der Waals surface area contributed by atoms with E-state index in [1.807, 2.05) is 13.8 Å². The molecule has 2 heterocycles. The standard InChI is InChI=1S/C23H30FN3O5/c1-4-31-23-19(11-21(29)32-23)27(22(30)17(13(2)3)10-20(25)28)8-7-14-12-26-18-9-15(24)5-6-16(14)18/h5-6,9,12-13,17,19,23,26H,4,7-8,10-11H2,1-3H3,(H2,25,28). The van der Waals surface area contributed by atoms with Gasteiger partial charge in [0.25, 0.3) is 0 Å². The topological polar surface area (TPSA) is 115 Å². The Morgan fingerprint density at radius 3 is 2.78 bits per heavy atom. The van der Waals surface area contributed by atoms with Crippen LogP contribution in [0.1, 0.15) is 39.2 Å². The van der Waals surface area contributed by atoms with Gasteiger partial charge in [0.2, 0.25) is 18.1 Å². The molecular formula is C23H30FN3O5. The lowest BCUT2D eigenvalue weighted by Crippen LogP contribution is -2.50. The highest BCUT2D eigenvalue weighted by molar-refractivity contribution is 5.87. The largest absolute Gasteiger partial charge is 0.433 e. The molecule has 2 aromatic rings. The smallest absolute Gasteiger partial charge is 0.310 e. The number of esters is 1. The number of halogens is 1. The third-order valence-electron chi connectivity index (χ3n) is 5.85. The summed E-state index contributed by atoms with van der Waals surface area (Å²) in [6.07, 6.45) is 1.31. The number of primary amides is 1. The Bertz CT molecular complexity index is 989. The van der Waals surface area contributed by atoms with Gasteiger partial charge in [0.1, 0.15) is 11.9 Å². The van der Waals surface area contributed by atoms with Crippen LogP contribution in [0.5, 0.6) is 0 Å². The molecule has 0 aliphatic carbocycles. The number of hydrogen-bond acceptors (Lipinski definition) is 5. The molecule has 1 aromatic heterocycles. The third-order valence-corrected chi connectivity index (χ3v) is 5.85. The molecule has 32 heavy (non-hydrogen) atoms. The number of cyclic esters (lactones) is 1. The minimum Gasteiger partial charge on any atom is -0.433 e. The van der Waals surface area contributed by atoms with Gasteiger partial charge in [-0.05, 0) is 43.0 Å². The number of benzene rings is 1. The maximum atomic E-state index is 13.6. The Morgan fingerprint density at radius 1 is 1.38 bits per heavy atom. The fraction of sp³-hybridized carbons (Fsp3) is 0.522. The highest BCUT2D eigenvalue weighted by Crippen LogP contribution is 2.28. The highest BCUT2D eigenvalue weighted by Gasteiger charge is 2.43. The van der Waals surface area contributed by atoms with Crippen LogP contribution >= 0.6 is 0 Å². The summed E-state index contributed by atoms with van der Waals surface area (Å²) in [6, 6.07) is 3.89. The van der Waals surface area contributed by atoms with Crippen molar-refractivity contribution in [1.29, 1.82) is 0 Å². The van der Waals surface area contributed by atoms with E-state index in [9.17, 15) is 18.8 Å². The van der Waals surface area contributed by atoms with Crippen LogP contribution < -0.4 is 5.73 Å². The van der Waals surface area contributed by atoms with Gasteiger partial charge in [-0.25, -0.2) is 4.39 Å². The van der Waals surface area contributed by atoms with E-state index < -0.39 is 30.1 Å². The van der Waals surface area contributed by atoms with Crippen molar-refractivity contribution in [3.05, 3.63) is 35.8 Å². The van der Waals surface area contributed by atoms with E-state index in [4.69, 9.17) is 15.2 Å². The first-order valence-electron chi connectivity index (χ1n) is 10.9. The number of amides is 2. The minimum absolute atomic E-state index is 0.0108. The Morgan fingerprint density at radius 2 is 2.12 bits per heavy atom. The molecule has 0 radical (unpaired) electrons. The number of ether oxygens (including phenoxy) is 2. The van der Waals surface area contributed by atoms with Crippen LogP contribution in [0.2, 0.25) is 0 Å². The van der Waals surface area contributed by atoms with Gasteiger partial charge in [-0.1, -0.05) is 13.8 Å².